The highest BCUT2D eigenvalue weighted by atomic mass is 19.1. The second kappa shape index (κ2) is 5.51. The van der Waals surface area contributed by atoms with Crippen molar-refractivity contribution in [3.8, 4) is 0 Å². The standard InChI is InChI=1S/C13H14FN3O2/c1-2-16-6-7-17(13(16)19)9-12(18)15-11-5-3-4-10(14)8-11/h3-8H,2,9H2,1H3,(H,15,18). The first-order valence-electron chi connectivity index (χ1n) is 5.91. The SMILES string of the molecule is CCn1ccn(CC(=O)Nc2cccc(F)c2)c1=O. The minimum absolute atomic E-state index is 0.0949. The summed E-state index contributed by atoms with van der Waals surface area (Å²) in [6, 6.07) is 5.60. The van der Waals surface area contributed by atoms with E-state index >= 15 is 0 Å². The van der Waals surface area contributed by atoms with Gasteiger partial charge in [0.15, 0.2) is 0 Å². The number of halogens is 1. The van der Waals surface area contributed by atoms with Crippen molar-refractivity contribution in [2.45, 2.75) is 20.0 Å². The maximum atomic E-state index is 12.9. The number of amides is 1. The van der Waals surface area contributed by atoms with E-state index in [2.05, 4.69) is 5.32 Å². The molecule has 0 fully saturated rings. The van der Waals surface area contributed by atoms with Crippen molar-refractivity contribution in [2.24, 2.45) is 0 Å². The quantitative estimate of drug-likeness (QED) is 0.907. The highest BCUT2D eigenvalue weighted by Gasteiger charge is 2.07. The van der Waals surface area contributed by atoms with Crippen LogP contribution in [0.1, 0.15) is 6.92 Å². The van der Waals surface area contributed by atoms with E-state index in [-0.39, 0.29) is 18.1 Å². The van der Waals surface area contributed by atoms with Gasteiger partial charge in [-0.05, 0) is 25.1 Å². The molecular weight excluding hydrogens is 249 g/mol. The molecule has 0 saturated carbocycles. The second-order valence-electron chi connectivity index (χ2n) is 4.05. The maximum Gasteiger partial charge on any atom is 0.328 e. The van der Waals surface area contributed by atoms with Crippen LogP contribution in [-0.4, -0.2) is 15.0 Å². The molecule has 1 heterocycles. The van der Waals surface area contributed by atoms with Gasteiger partial charge >= 0.3 is 5.69 Å². The van der Waals surface area contributed by atoms with Crippen LogP contribution in [0.3, 0.4) is 0 Å². The Kier molecular flexibility index (Phi) is 3.79. The van der Waals surface area contributed by atoms with E-state index in [1.165, 1.54) is 27.3 Å². The molecule has 2 rings (SSSR count). The maximum absolute atomic E-state index is 12.9. The smallest absolute Gasteiger partial charge is 0.324 e. The van der Waals surface area contributed by atoms with Crippen LogP contribution in [0.4, 0.5) is 10.1 Å². The van der Waals surface area contributed by atoms with Crippen LogP contribution >= 0.6 is 0 Å². The Labute approximate surface area is 109 Å². The topological polar surface area (TPSA) is 56.0 Å². The summed E-state index contributed by atoms with van der Waals surface area (Å²) in [4.78, 5) is 23.5. The molecule has 19 heavy (non-hydrogen) atoms. The van der Waals surface area contributed by atoms with E-state index in [1.807, 2.05) is 6.92 Å². The number of aryl methyl sites for hydroxylation is 1. The summed E-state index contributed by atoms with van der Waals surface area (Å²) in [5.41, 5.74) is 0.130. The number of nitrogens with zero attached hydrogens (tertiary/aromatic N) is 2. The number of imidazole rings is 1. The van der Waals surface area contributed by atoms with Crippen LogP contribution in [0.2, 0.25) is 0 Å². The molecule has 0 aliphatic heterocycles. The summed E-state index contributed by atoms with van der Waals surface area (Å²) < 4.78 is 15.7. The number of carbonyl (C=O) groups is 1. The fourth-order valence-electron chi connectivity index (χ4n) is 1.74. The van der Waals surface area contributed by atoms with Gasteiger partial charge < -0.3 is 5.32 Å². The van der Waals surface area contributed by atoms with E-state index in [0.717, 1.165) is 0 Å². The summed E-state index contributed by atoms with van der Waals surface area (Å²) in [6.07, 6.45) is 3.18. The van der Waals surface area contributed by atoms with Crippen molar-refractivity contribution in [3.05, 3.63) is 53.0 Å². The summed E-state index contributed by atoms with van der Waals surface area (Å²) in [6.45, 7) is 2.30. The summed E-state index contributed by atoms with van der Waals surface area (Å²) in [7, 11) is 0. The molecule has 0 spiro atoms. The van der Waals surface area contributed by atoms with Crippen molar-refractivity contribution in [2.75, 3.05) is 5.32 Å². The zero-order chi connectivity index (χ0) is 13.8. The van der Waals surface area contributed by atoms with Crippen LogP contribution < -0.4 is 11.0 Å². The van der Waals surface area contributed by atoms with Gasteiger partial charge in [0, 0.05) is 24.6 Å². The Hall–Kier alpha value is -2.37. The monoisotopic (exact) mass is 263 g/mol. The molecular formula is C13H14FN3O2. The molecule has 0 saturated heterocycles. The van der Waals surface area contributed by atoms with E-state index < -0.39 is 5.82 Å². The van der Waals surface area contributed by atoms with Gasteiger partial charge in [0.2, 0.25) is 5.91 Å². The number of rotatable bonds is 4. The minimum Gasteiger partial charge on any atom is -0.324 e. The molecule has 100 valence electrons. The summed E-state index contributed by atoms with van der Waals surface area (Å²) >= 11 is 0. The zero-order valence-corrected chi connectivity index (χ0v) is 10.5. The number of anilines is 1. The van der Waals surface area contributed by atoms with Gasteiger partial charge in [0.25, 0.3) is 0 Å². The zero-order valence-electron chi connectivity index (χ0n) is 10.5. The van der Waals surface area contributed by atoms with E-state index in [4.69, 9.17) is 0 Å². The largest absolute Gasteiger partial charge is 0.328 e. The van der Waals surface area contributed by atoms with Gasteiger partial charge in [-0.3, -0.25) is 13.9 Å². The Balaban J connectivity index is 2.05. The van der Waals surface area contributed by atoms with Crippen LogP contribution in [0.5, 0.6) is 0 Å². The lowest BCUT2D eigenvalue weighted by Crippen LogP contribution is -2.28. The molecule has 6 heteroatoms. The molecule has 0 radical (unpaired) electrons. The van der Waals surface area contributed by atoms with Gasteiger partial charge in [0.05, 0.1) is 0 Å². The predicted molar refractivity (Wildman–Crippen MR) is 69.4 cm³/mol. The third-order valence-electron chi connectivity index (χ3n) is 2.68. The van der Waals surface area contributed by atoms with Crippen LogP contribution in [0.25, 0.3) is 0 Å². The van der Waals surface area contributed by atoms with Crippen molar-refractivity contribution >= 4 is 11.6 Å². The lowest BCUT2D eigenvalue weighted by atomic mass is 10.3. The molecule has 1 aromatic heterocycles. The average molecular weight is 263 g/mol. The van der Waals surface area contributed by atoms with Crippen LogP contribution in [0, 0.1) is 5.82 Å². The first kappa shape index (κ1) is 13.1. The number of hydrogen-bond acceptors (Lipinski definition) is 2. The van der Waals surface area contributed by atoms with Gasteiger partial charge in [0.1, 0.15) is 12.4 Å². The Bertz CT molecular complexity index is 645. The average Bonchev–Trinajstić information content (AvgIpc) is 2.70. The normalized spacial score (nSPS) is 10.4. The molecule has 1 amide bonds. The molecule has 1 aromatic carbocycles. The van der Waals surface area contributed by atoms with Crippen molar-refractivity contribution in [1.29, 1.82) is 0 Å². The lowest BCUT2D eigenvalue weighted by Gasteiger charge is -2.05. The van der Waals surface area contributed by atoms with Crippen molar-refractivity contribution < 1.29 is 9.18 Å². The van der Waals surface area contributed by atoms with E-state index in [1.54, 1.807) is 18.5 Å². The molecule has 0 bridgehead atoms. The molecule has 1 N–H and O–H groups in total. The highest BCUT2D eigenvalue weighted by Crippen LogP contribution is 2.08. The molecule has 0 unspecified atom stereocenters. The lowest BCUT2D eigenvalue weighted by molar-refractivity contribution is -0.116. The third-order valence-corrected chi connectivity index (χ3v) is 2.68. The van der Waals surface area contributed by atoms with E-state index in [9.17, 15) is 14.0 Å². The number of hydrogen-bond donors (Lipinski definition) is 1. The summed E-state index contributed by atoms with van der Waals surface area (Å²) in [5.74, 6) is -0.798. The Morgan fingerprint density at radius 2 is 2.05 bits per heavy atom. The van der Waals surface area contributed by atoms with Gasteiger partial charge in [-0.2, -0.15) is 0 Å². The van der Waals surface area contributed by atoms with Crippen molar-refractivity contribution in [3.63, 3.8) is 0 Å². The van der Waals surface area contributed by atoms with Gasteiger partial charge in [-0.25, -0.2) is 9.18 Å². The first-order chi connectivity index (χ1) is 9.10. The van der Waals surface area contributed by atoms with Crippen LogP contribution in [-0.2, 0) is 17.9 Å². The number of nitrogens with one attached hydrogen (secondary N) is 1. The number of carbonyl (C=O) groups excluding carboxylic acids is 1. The van der Waals surface area contributed by atoms with E-state index in [0.29, 0.717) is 12.2 Å². The molecule has 0 aliphatic rings. The fraction of sp³-hybridized carbons (Fsp3) is 0.231. The highest BCUT2D eigenvalue weighted by molar-refractivity contribution is 5.90. The van der Waals surface area contributed by atoms with Gasteiger partial charge in [-0.15, -0.1) is 0 Å². The third kappa shape index (κ3) is 3.09. The Morgan fingerprint density at radius 1 is 1.32 bits per heavy atom. The second-order valence-corrected chi connectivity index (χ2v) is 4.05. The predicted octanol–water partition coefficient (Wildman–Crippen LogP) is 1.45. The molecule has 5 nitrogen and oxygen atoms in total. The van der Waals surface area contributed by atoms with Crippen molar-refractivity contribution in [1.82, 2.24) is 9.13 Å². The molecule has 0 atom stereocenters. The number of aromatic nitrogens is 2. The van der Waals surface area contributed by atoms with Crippen LogP contribution in [0.15, 0.2) is 41.5 Å². The first-order valence-corrected chi connectivity index (χ1v) is 5.91. The minimum atomic E-state index is -0.424. The Morgan fingerprint density at radius 3 is 2.68 bits per heavy atom. The molecule has 0 aliphatic carbocycles. The molecule has 2 aromatic rings. The number of benzene rings is 1. The van der Waals surface area contributed by atoms with Gasteiger partial charge in [-0.1, -0.05) is 6.07 Å². The fourth-order valence-corrected chi connectivity index (χ4v) is 1.74. The summed E-state index contributed by atoms with van der Waals surface area (Å²) in [5, 5.41) is 2.54.